The molecule has 0 aliphatic rings. The fourth-order valence-corrected chi connectivity index (χ4v) is 2.71. The summed E-state index contributed by atoms with van der Waals surface area (Å²) in [5.74, 6) is -1.46. The first kappa shape index (κ1) is 21.4. The van der Waals surface area contributed by atoms with Crippen LogP contribution in [0, 0.1) is 6.92 Å². The van der Waals surface area contributed by atoms with Crippen LogP contribution in [0.3, 0.4) is 0 Å². The zero-order valence-electron chi connectivity index (χ0n) is 15.4. The third-order valence-corrected chi connectivity index (χ3v) is 4.18. The van der Waals surface area contributed by atoms with Crippen molar-refractivity contribution in [2.24, 2.45) is 10.2 Å². The predicted molar refractivity (Wildman–Crippen MR) is 98.7 cm³/mol. The van der Waals surface area contributed by atoms with Crippen molar-refractivity contribution in [1.82, 2.24) is 0 Å². The number of carbonyl (C=O) groups is 1. The summed E-state index contributed by atoms with van der Waals surface area (Å²) in [6.07, 6.45) is -4.70. The van der Waals surface area contributed by atoms with Crippen molar-refractivity contribution in [3.63, 3.8) is 0 Å². The number of aromatic carboxylic acids is 1. The van der Waals surface area contributed by atoms with E-state index in [0.29, 0.717) is 18.8 Å². The SMILES string of the molecule is CCN(CCO)c1ccc(N=Nc2cc(C(=O)O)c(C)c(C(F)(F)F)c2)cc1. The Hall–Kier alpha value is -2.94. The van der Waals surface area contributed by atoms with Gasteiger partial charge in [-0.3, -0.25) is 0 Å². The molecule has 0 bridgehead atoms. The number of alkyl halides is 3. The molecular formula is C19H20F3N3O3. The van der Waals surface area contributed by atoms with E-state index in [9.17, 15) is 18.0 Å². The molecule has 2 N–H and O–H groups in total. The van der Waals surface area contributed by atoms with Crippen molar-refractivity contribution in [3.8, 4) is 0 Å². The minimum atomic E-state index is -4.70. The molecule has 0 spiro atoms. The average Bonchev–Trinajstić information content (AvgIpc) is 2.64. The number of aliphatic hydroxyl groups excluding tert-OH is 1. The smallest absolute Gasteiger partial charge is 0.416 e. The monoisotopic (exact) mass is 395 g/mol. The number of carboxylic acids is 1. The number of azo groups is 1. The lowest BCUT2D eigenvalue weighted by Crippen LogP contribution is -2.25. The van der Waals surface area contributed by atoms with Crippen LogP contribution in [0.5, 0.6) is 0 Å². The molecule has 0 saturated carbocycles. The van der Waals surface area contributed by atoms with E-state index in [4.69, 9.17) is 10.2 Å². The number of carboxylic acid groups (broad SMARTS) is 1. The molecule has 0 aliphatic carbocycles. The van der Waals surface area contributed by atoms with E-state index in [1.54, 1.807) is 24.3 Å². The standard InChI is InChI=1S/C19H20F3N3O3/c1-3-25(8-9-26)15-6-4-13(5-7-15)23-24-14-10-16(18(27)28)12(2)17(11-14)19(20,21)22/h4-7,10-11,26H,3,8-9H2,1-2H3,(H,27,28). The Labute approximate surface area is 159 Å². The van der Waals surface area contributed by atoms with Crippen molar-refractivity contribution in [1.29, 1.82) is 0 Å². The van der Waals surface area contributed by atoms with Gasteiger partial charge in [0, 0.05) is 18.8 Å². The summed E-state index contributed by atoms with van der Waals surface area (Å²) in [6, 6.07) is 8.62. The maximum absolute atomic E-state index is 13.2. The number of anilines is 1. The van der Waals surface area contributed by atoms with Crippen LogP contribution >= 0.6 is 0 Å². The van der Waals surface area contributed by atoms with Gasteiger partial charge in [-0.25, -0.2) is 4.79 Å². The Morgan fingerprint density at radius 3 is 2.21 bits per heavy atom. The molecule has 0 fully saturated rings. The summed E-state index contributed by atoms with van der Waals surface area (Å²) < 4.78 is 39.5. The summed E-state index contributed by atoms with van der Waals surface area (Å²) in [5, 5.41) is 25.9. The van der Waals surface area contributed by atoms with Crippen molar-refractivity contribution < 1.29 is 28.2 Å². The van der Waals surface area contributed by atoms with Gasteiger partial charge in [-0.15, -0.1) is 0 Å². The molecule has 0 atom stereocenters. The normalized spacial score (nSPS) is 11.8. The lowest BCUT2D eigenvalue weighted by atomic mass is 10.0. The number of benzene rings is 2. The topological polar surface area (TPSA) is 85.5 Å². The lowest BCUT2D eigenvalue weighted by Gasteiger charge is -2.21. The molecule has 2 aromatic rings. The highest BCUT2D eigenvalue weighted by Crippen LogP contribution is 2.36. The third kappa shape index (κ3) is 5.07. The van der Waals surface area contributed by atoms with Crippen LogP contribution in [0.4, 0.5) is 30.2 Å². The predicted octanol–water partition coefficient (Wildman–Crippen LogP) is 4.95. The number of likely N-dealkylation sites (N-methyl/N-ethyl adjacent to an activating group) is 1. The first-order chi connectivity index (χ1) is 13.2. The number of halogens is 3. The quantitative estimate of drug-likeness (QED) is 0.650. The Morgan fingerprint density at radius 2 is 1.71 bits per heavy atom. The van der Waals surface area contributed by atoms with Crippen LogP contribution in [-0.2, 0) is 6.18 Å². The van der Waals surface area contributed by atoms with E-state index in [1.807, 2.05) is 11.8 Å². The number of rotatable bonds is 7. The molecule has 6 nitrogen and oxygen atoms in total. The fraction of sp³-hybridized carbons (Fsp3) is 0.316. The second kappa shape index (κ2) is 8.83. The Kier molecular flexibility index (Phi) is 6.74. The van der Waals surface area contributed by atoms with Gasteiger partial charge in [0.25, 0.3) is 0 Å². The van der Waals surface area contributed by atoms with E-state index in [2.05, 4.69) is 10.2 Å². The van der Waals surface area contributed by atoms with E-state index >= 15 is 0 Å². The zero-order chi connectivity index (χ0) is 20.9. The minimum Gasteiger partial charge on any atom is -0.478 e. The summed E-state index contributed by atoms with van der Waals surface area (Å²) in [7, 11) is 0. The molecule has 0 unspecified atom stereocenters. The van der Waals surface area contributed by atoms with Crippen molar-refractivity contribution in [2.45, 2.75) is 20.0 Å². The minimum absolute atomic E-state index is 0.0101. The molecule has 0 heterocycles. The number of hydrogen-bond acceptors (Lipinski definition) is 5. The van der Waals surface area contributed by atoms with E-state index < -0.39 is 23.3 Å². The number of nitrogens with zero attached hydrogens (tertiary/aromatic N) is 3. The van der Waals surface area contributed by atoms with Crippen LogP contribution in [-0.4, -0.2) is 35.9 Å². The highest BCUT2D eigenvalue weighted by atomic mass is 19.4. The van der Waals surface area contributed by atoms with E-state index in [-0.39, 0.29) is 17.9 Å². The molecule has 28 heavy (non-hydrogen) atoms. The molecule has 0 saturated heterocycles. The van der Waals surface area contributed by atoms with Crippen molar-refractivity contribution >= 4 is 23.0 Å². The van der Waals surface area contributed by atoms with Crippen LogP contribution in [0.15, 0.2) is 46.6 Å². The summed E-state index contributed by atoms with van der Waals surface area (Å²) >= 11 is 0. The van der Waals surface area contributed by atoms with Crippen LogP contribution < -0.4 is 4.90 Å². The third-order valence-electron chi connectivity index (χ3n) is 4.18. The van der Waals surface area contributed by atoms with E-state index in [1.165, 1.54) is 0 Å². The van der Waals surface area contributed by atoms with Gasteiger partial charge in [0.2, 0.25) is 0 Å². The first-order valence-electron chi connectivity index (χ1n) is 8.50. The Balaban J connectivity index is 2.33. The van der Waals surface area contributed by atoms with Gasteiger partial charge in [-0.1, -0.05) is 0 Å². The van der Waals surface area contributed by atoms with Gasteiger partial charge in [-0.2, -0.15) is 23.4 Å². The maximum atomic E-state index is 13.2. The Bertz CT molecular complexity index is 865. The second-order valence-electron chi connectivity index (χ2n) is 5.99. The molecule has 0 radical (unpaired) electrons. The van der Waals surface area contributed by atoms with Gasteiger partial charge in [0.15, 0.2) is 0 Å². The van der Waals surface area contributed by atoms with Crippen LogP contribution in [0.1, 0.15) is 28.4 Å². The van der Waals surface area contributed by atoms with Gasteiger partial charge in [-0.05, 0) is 55.8 Å². The van der Waals surface area contributed by atoms with Gasteiger partial charge in [0.05, 0.1) is 29.1 Å². The van der Waals surface area contributed by atoms with E-state index in [0.717, 1.165) is 24.7 Å². The molecule has 0 aromatic heterocycles. The molecule has 0 aliphatic heterocycles. The summed E-state index contributed by atoms with van der Waals surface area (Å²) in [6.45, 7) is 4.23. The zero-order valence-corrected chi connectivity index (χ0v) is 15.4. The van der Waals surface area contributed by atoms with Gasteiger partial charge < -0.3 is 15.1 Å². The summed E-state index contributed by atoms with van der Waals surface area (Å²) in [5.41, 5.74) is -0.837. The Morgan fingerprint density at radius 1 is 1.11 bits per heavy atom. The largest absolute Gasteiger partial charge is 0.478 e. The highest BCUT2D eigenvalue weighted by Gasteiger charge is 2.34. The average molecular weight is 395 g/mol. The highest BCUT2D eigenvalue weighted by molar-refractivity contribution is 5.91. The first-order valence-corrected chi connectivity index (χ1v) is 8.50. The van der Waals surface area contributed by atoms with Gasteiger partial charge in [0.1, 0.15) is 0 Å². The molecule has 2 rings (SSSR count). The maximum Gasteiger partial charge on any atom is 0.416 e. The van der Waals surface area contributed by atoms with Crippen LogP contribution in [0.2, 0.25) is 0 Å². The number of hydrogen-bond donors (Lipinski definition) is 2. The van der Waals surface area contributed by atoms with Crippen LogP contribution in [0.25, 0.3) is 0 Å². The molecule has 150 valence electrons. The molecular weight excluding hydrogens is 375 g/mol. The van der Waals surface area contributed by atoms with Gasteiger partial charge >= 0.3 is 12.1 Å². The van der Waals surface area contributed by atoms with Crippen molar-refractivity contribution in [3.05, 3.63) is 53.1 Å². The summed E-state index contributed by atoms with van der Waals surface area (Å²) in [4.78, 5) is 13.2. The fourth-order valence-electron chi connectivity index (χ4n) is 2.71. The molecule has 0 amide bonds. The molecule has 2 aromatic carbocycles. The lowest BCUT2D eigenvalue weighted by molar-refractivity contribution is -0.138. The second-order valence-corrected chi connectivity index (χ2v) is 5.99. The molecule has 9 heteroatoms. The van der Waals surface area contributed by atoms with Crippen molar-refractivity contribution in [2.75, 3.05) is 24.6 Å². The number of aliphatic hydroxyl groups is 1.